The molecule has 1 aromatic heterocycles. The molecule has 0 radical (unpaired) electrons. The van der Waals surface area contributed by atoms with Gasteiger partial charge < -0.3 is 5.11 Å². The standard InChI is InChI=1S/C21H18Cl2N2O2/c22-16-7-3-6-15(19(16)23)20(25-10-4-9-18(25)21(26)27)14-11-13-5-1-2-8-17(13)24-12-14/h1-3,5-8,11-12,18,20H,4,9-10H2,(H,26,27). The Kier molecular flexibility index (Phi) is 5.04. The highest BCUT2D eigenvalue weighted by atomic mass is 35.5. The number of hydrogen-bond acceptors (Lipinski definition) is 3. The van der Waals surface area contributed by atoms with E-state index >= 15 is 0 Å². The summed E-state index contributed by atoms with van der Waals surface area (Å²) in [7, 11) is 0. The molecule has 1 saturated heterocycles. The SMILES string of the molecule is O=C(O)C1CCCN1C(c1cnc2ccccc2c1)c1cccc(Cl)c1Cl. The van der Waals surface area contributed by atoms with Crippen molar-refractivity contribution >= 4 is 40.1 Å². The molecule has 0 aliphatic carbocycles. The highest BCUT2D eigenvalue weighted by molar-refractivity contribution is 6.42. The highest BCUT2D eigenvalue weighted by Crippen LogP contribution is 2.40. The van der Waals surface area contributed by atoms with E-state index in [1.807, 2.05) is 47.5 Å². The van der Waals surface area contributed by atoms with Crippen molar-refractivity contribution in [3.05, 3.63) is 75.9 Å². The van der Waals surface area contributed by atoms with Gasteiger partial charge in [-0.25, -0.2) is 0 Å². The molecule has 1 N–H and O–H groups in total. The molecule has 4 nitrogen and oxygen atoms in total. The minimum Gasteiger partial charge on any atom is -0.480 e. The Hall–Kier alpha value is -2.14. The van der Waals surface area contributed by atoms with Crippen LogP contribution in [0.5, 0.6) is 0 Å². The first-order valence-corrected chi connectivity index (χ1v) is 9.59. The third kappa shape index (κ3) is 3.41. The van der Waals surface area contributed by atoms with Crippen LogP contribution < -0.4 is 0 Å². The Morgan fingerprint density at radius 3 is 2.81 bits per heavy atom. The van der Waals surface area contributed by atoms with Crippen LogP contribution in [0.2, 0.25) is 10.0 Å². The second kappa shape index (κ2) is 7.47. The maximum atomic E-state index is 11.8. The maximum Gasteiger partial charge on any atom is 0.320 e. The van der Waals surface area contributed by atoms with Gasteiger partial charge in [-0.15, -0.1) is 0 Å². The van der Waals surface area contributed by atoms with E-state index in [0.29, 0.717) is 23.0 Å². The first kappa shape index (κ1) is 18.2. The molecule has 2 heterocycles. The van der Waals surface area contributed by atoms with Gasteiger partial charge in [0.1, 0.15) is 6.04 Å². The topological polar surface area (TPSA) is 53.4 Å². The summed E-state index contributed by atoms with van der Waals surface area (Å²) in [5.74, 6) is -0.815. The van der Waals surface area contributed by atoms with Gasteiger partial charge in [-0.1, -0.05) is 53.5 Å². The number of benzene rings is 2. The molecule has 1 aliphatic rings. The van der Waals surface area contributed by atoms with Crippen LogP contribution in [-0.2, 0) is 4.79 Å². The van der Waals surface area contributed by atoms with Gasteiger partial charge in [0.25, 0.3) is 0 Å². The van der Waals surface area contributed by atoms with Crippen molar-refractivity contribution in [2.24, 2.45) is 0 Å². The summed E-state index contributed by atoms with van der Waals surface area (Å²) in [6.45, 7) is 0.678. The zero-order valence-corrected chi connectivity index (χ0v) is 16.0. The zero-order valence-electron chi connectivity index (χ0n) is 14.5. The van der Waals surface area contributed by atoms with Crippen LogP contribution in [0.4, 0.5) is 0 Å². The van der Waals surface area contributed by atoms with Crippen molar-refractivity contribution < 1.29 is 9.90 Å². The third-order valence-corrected chi connectivity index (χ3v) is 5.95. The molecule has 3 aromatic rings. The van der Waals surface area contributed by atoms with E-state index in [9.17, 15) is 9.90 Å². The van der Waals surface area contributed by atoms with Crippen molar-refractivity contribution in [1.29, 1.82) is 0 Å². The fourth-order valence-corrected chi connectivity index (χ4v) is 4.29. The Balaban J connectivity index is 1.89. The van der Waals surface area contributed by atoms with Gasteiger partial charge in [0.05, 0.1) is 21.6 Å². The van der Waals surface area contributed by atoms with Crippen molar-refractivity contribution in [2.45, 2.75) is 24.9 Å². The van der Waals surface area contributed by atoms with Crippen LogP contribution in [0.3, 0.4) is 0 Å². The number of halogens is 2. The molecule has 0 bridgehead atoms. The van der Waals surface area contributed by atoms with Crippen molar-refractivity contribution in [3.63, 3.8) is 0 Å². The molecular weight excluding hydrogens is 383 g/mol. The summed E-state index contributed by atoms with van der Waals surface area (Å²) < 4.78 is 0. The number of carboxylic acids is 1. The smallest absolute Gasteiger partial charge is 0.320 e. The Bertz CT molecular complexity index is 1010. The number of fused-ring (bicyclic) bond motifs is 1. The molecule has 6 heteroatoms. The molecule has 2 aromatic carbocycles. The summed E-state index contributed by atoms with van der Waals surface area (Å²) >= 11 is 12.8. The minimum absolute atomic E-state index is 0.322. The molecule has 0 amide bonds. The van der Waals surface area contributed by atoms with Gasteiger partial charge in [-0.2, -0.15) is 0 Å². The zero-order chi connectivity index (χ0) is 19.0. The van der Waals surface area contributed by atoms with E-state index in [4.69, 9.17) is 23.2 Å². The fraction of sp³-hybridized carbons (Fsp3) is 0.238. The number of para-hydroxylation sites is 1. The molecule has 138 valence electrons. The van der Waals surface area contributed by atoms with Crippen molar-refractivity contribution in [1.82, 2.24) is 9.88 Å². The normalized spacial score (nSPS) is 18.7. The number of hydrogen-bond donors (Lipinski definition) is 1. The Labute approximate surface area is 167 Å². The number of aromatic nitrogens is 1. The molecule has 2 atom stereocenters. The number of pyridine rings is 1. The first-order valence-electron chi connectivity index (χ1n) is 8.83. The summed E-state index contributed by atoms with van der Waals surface area (Å²) in [5, 5.41) is 11.6. The number of carbonyl (C=O) groups is 1. The minimum atomic E-state index is -0.815. The number of likely N-dealkylation sites (tertiary alicyclic amines) is 1. The van der Waals surface area contributed by atoms with Gasteiger partial charge in [-0.05, 0) is 42.2 Å². The lowest BCUT2D eigenvalue weighted by Crippen LogP contribution is -2.39. The molecule has 0 spiro atoms. The lowest BCUT2D eigenvalue weighted by Gasteiger charge is -2.32. The average Bonchev–Trinajstić information content (AvgIpc) is 3.15. The van der Waals surface area contributed by atoms with Gasteiger partial charge >= 0.3 is 5.97 Å². The van der Waals surface area contributed by atoms with Gasteiger partial charge in [-0.3, -0.25) is 14.7 Å². The van der Waals surface area contributed by atoms with E-state index in [0.717, 1.165) is 28.5 Å². The van der Waals surface area contributed by atoms with E-state index in [2.05, 4.69) is 11.1 Å². The molecule has 1 aliphatic heterocycles. The van der Waals surface area contributed by atoms with Crippen LogP contribution in [0.1, 0.15) is 30.0 Å². The van der Waals surface area contributed by atoms with Gasteiger partial charge in [0.2, 0.25) is 0 Å². The highest BCUT2D eigenvalue weighted by Gasteiger charge is 2.38. The third-order valence-electron chi connectivity index (χ3n) is 5.11. The van der Waals surface area contributed by atoms with Crippen LogP contribution in [-0.4, -0.2) is 33.5 Å². The predicted octanol–water partition coefficient (Wildman–Crippen LogP) is 5.18. The molecule has 2 unspecified atom stereocenters. The van der Waals surface area contributed by atoms with Crippen LogP contribution >= 0.6 is 23.2 Å². The predicted molar refractivity (Wildman–Crippen MR) is 107 cm³/mol. The van der Waals surface area contributed by atoms with E-state index in [1.54, 1.807) is 6.07 Å². The van der Waals surface area contributed by atoms with Crippen molar-refractivity contribution in [3.8, 4) is 0 Å². The summed E-state index contributed by atoms with van der Waals surface area (Å²) in [6.07, 6.45) is 3.25. The summed E-state index contributed by atoms with van der Waals surface area (Å²) in [5.41, 5.74) is 2.61. The Morgan fingerprint density at radius 2 is 2.00 bits per heavy atom. The number of rotatable bonds is 4. The number of aliphatic carboxylic acids is 1. The second-order valence-electron chi connectivity index (χ2n) is 6.74. The van der Waals surface area contributed by atoms with Crippen LogP contribution in [0.25, 0.3) is 10.9 Å². The van der Waals surface area contributed by atoms with Gasteiger partial charge in [0.15, 0.2) is 0 Å². The Morgan fingerprint density at radius 1 is 1.19 bits per heavy atom. The molecule has 0 saturated carbocycles. The number of nitrogens with zero attached hydrogens (tertiary/aromatic N) is 2. The maximum absolute atomic E-state index is 11.8. The number of carboxylic acid groups (broad SMARTS) is 1. The quantitative estimate of drug-likeness (QED) is 0.655. The molecule has 4 rings (SSSR count). The van der Waals surface area contributed by atoms with Crippen LogP contribution in [0, 0.1) is 0 Å². The first-order chi connectivity index (χ1) is 13.1. The molecule has 1 fully saturated rings. The molecular formula is C21H18Cl2N2O2. The fourth-order valence-electron chi connectivity index (χ4n) is 3.88. The monoisotopic (exact) mass is 400 g/mol. The molecule has 27 heavy (non-hydrogen) atoms. The van der Waals surface area contributed by atoms with E-state index < -0.39 is 12.0 Å². The summed E-state index contributed by atoms with van der Waals surface area (Å²) in [4.78, 5) is 18.4. The van der Waals surface area contributed by atoms with Crippen molar-refractivity contribution in [2.75, 3.05) is 6.54 Å². The summed E-state index contributed by atoms with van der Waals surface area (Å²) in [6, 6.07) is 14.5. The second-order valence-corrected chi connectivity index (χ2v) is 7.53. The lowest BCUT2D eigenvalue weighted by atomic mass is 9.96. The van der Waals surface area contributed by atoms with E-state index in [1.165, 1.54) is 0 Å². The largest absolute Gasteiger partial charge is 0.480 e. The van der Waals surface area contributed by atoms with E-state index in [-0.39, 0.29) is 6.04 Å². The van der Waals surface area contributed by atoms with Gasteiger partial charge in [0, 0.05) is 18.1 Å². The average molecular weight is 401 g/mol. The van der Waals surface area contributed by atoms with Crippen LogP contribution in [0.15, 0.2) is 54.7 Å². The lowest BCUT2D eigenvalue weighted by molar-refractivity contribution is -0.142.